The van der Waals surface area contributed by atoms with Crippen LogP contribution < -0.4 is 4.90 Å². The molecule has 52 heavy (non-hydrogen) atoms. The number of rotatable bonds is 6. The molecule has 0 spiro atoms. The Kier molecular flexibility index (Phi) is 9.05. The molecule has 8 rings (SSSR count). The van der Waals surface area contributed by atoms with Gasteiger partial charge in [-0.05, 0) is 131 Å². The van der Waals surface area contributed by atoms with Gasteiger partial charge in [0.25, 0.3) is 0 Å². The molecule has 1 heterocycles. The van der Waals surface area contributed by atoms with Crippen molar-refractivity contribution in [3.8, 4) is 22.3 Å². The zero-order chi connectivity index (χ0) is 35.6. The summed E-state index contributed by atoms with van der Waals surface area (Å²) < 4.78 is 6.03. The number of fused-ring (bicyclic) bond motifs is 3. The van der Waals surface area contributed by atoms with Crippen LogP contribution in [0.2, 0.25) is 0 Å². The Balaban J connectivity index is 1.23. The van der Waals surface area contributed by atoms with Gasteiger partial charge in [-0.25, -0.2) is 0 Å². The third kappa shape index (κ3) is 6.45. The Morgan fingerprint density at radius 3 is 1.98 bits per heavy atom. The van der Waals surface area contributed by atoms with Crippen LogP contribution in [0, 0.1) is 13.8 Å². The summed E-state index contributed by atoms with van der Waals surface area (Å²) in [5, 5.41) is 4.92. The topological polar surface area (TPSA) is 12.5 Å². The van der Waals surface area contributed by atoms with Gasteiger partial charge in [0.05, 0.1) is 11.9 Å². The molecule has 0 fully saturated rings. The minimum absolute atomic E-state index is 0.0701. The minimum Gasteiger partial charge on any atom is -0.469 e. The summed E-state index contributed by atoms with van der Waals surface area (Å²) in [6, 6.07) is 53.2. The number of anilines is 3. The fourth-order valence-corrected chi connectivity index (χ4v) is 7.53. The minimum atomic E-state index is 0.0701. The van der Waals surface area contributed by atoms with Crippen LogP contribution in [0.1, 0.15) is 42.4 Å². The molecule has 2 nitrogen and oxygen atoms in total. The third-order valence-electron chi connectivity index (χ3n) is 10.5. The van der Waals surface area contributed by atoms with Gasteiger partial charge in [-0.2, -0.15) is 0 Å². The molecule has 0 saturated carbocycles. The van der Waals surface area contributed by atoms with Crippen molar-refractivity contribution in [1.82, 2.24) is 0 Å². The van der Waals surface area contributed by atoms with E-state index in [0.717, 1.165) is 35.7 Å². The van der Waals surface area contributed by atoms with Crippen LogP contribution in [-0.2, 0) is 4.74 Å². The summed E-state index contributed by atoms with van der Waals surface area (Å²) in [6.07, 6.45) is 8.07. The summed E-state index contributed by atoms with van der Waals surface area (Å²) in [6.45, 7) is 10.8. The van der Waals surface area contributed by atoms with E-state index in [-0.39, 0.29) is 5.92 Å². The molecule has 0 saturated heterocycles. The van der Waals surface area contributed by atoms with E-state index in [1.165, 1.54) is 66.1 Å². The molecule has 0 amide bonds. The molecule has 1 aliphatic rings. The standard InChI is InChI=1S/C50H43NO/c1-34-13-5-8-17-45(37(4)52-33-34)39-25-29-43(30-26-39)51(50-32-41-15-7-10-18-46(41)47-19-11-12-20-48(47)50)42-27-23-38(24-28-42)40-22-21-36(3)49(31-40)44-16-9-6-14-35(44)2/h5-12,14-16,18-33,45H,4,13,17H2,1-3H3/b8-5-,34-33-. The monoisotopic (exact) mass is 673 g/mol. The van der Waals surface area contributed by atoms with Crippen molar-refractivity contribution in [2.45, 2.75) is 39.5 Å². The van der Waals surface area contributed by atoms with Gasteiger partial charge in [0, 0.05) is 22.7 Å². The van der Waals surface area contributed by atoms with Crippen LogP contribution in [0.4, 0.5) is 17.1 Å². The molecule has 0 bridgehead atoms. The van der Waals surface area contributed by atoms with Crippen molar-refractivity contribution in [3.63, 3.8) is 0 Å². The number of hydrogen-bond donors (Lipinski definition) is 0. The van der Waals surface area contributed by atoms with E-state index >= 15 is 0 Å². The lowest BCUT2D eigenvalue weighted by Crippen LogP contribution is -2.11. The van der Waals surface area contributed by atoms with E-state index in [9.17, 15) is 0 Å². The molecule has 0 aliphatic carbocycles. The molecule has 2 heteroatoms. The Morgan fingerprint density at radius 2 is 1.21 bits per heavy atom. The third-order valence-corrected chi connectivity index (χ3v) is 10.5. The van der Waals surface area contributed by atoms with Gasteiger partial charge < -0.3 is 9.64 Å². The molecule has 7 aromatic rings. The largest absolute Gasteiger partial charge is 0.469 e. The highest BCUT2D eigenvalue weighted by Crippen LogP contribution is 2.43. The second-order valence-corrected chi connectivity index (χ2v) is 14.0. The first-order chi connectivity index (χ1) is 25.4. The van der Waals surface area contributed by atoms with Crippen molar-refractivity contribution >= 4 is 38.6 Å². The summed E-state index contributed by atoms with van der Waals surface area (Å²) in [5.74, 6) is 0.842. The Morgan fingerprint density at radius 1 is 0.577 bits per heavy atom. The van der Waals surface area contributed by atoms with E-state index < -0.39 is 0 Å². The van der Waals surface area contributed by atoms with Gasteiger partial charge >= 0.3 is 0 Å². The average molecular weight is 674 g/mol. The van der Waals surface area contributed by atoms with Crippen LogP contribution in [0.15, 0.2) is 182 Å². The molecule has 254 valence electrons. The number of ether oxygens (including phenoxy) is 1. The number of benzene rings is 7. The van der Waals surface area contributed by atoms with E-state index in [1.807, 2.05) is 6.26 Å². The quantitative estimate of drug-likeness (QED) is 0.129. The summed E-state index contributed by atoms with van der Waals surface area (Å²) in [7, 11) is 0. The number of hydrogen-bond acceptors (Lipinski definition) is 2. The van der Waals surface area contributed by atoms with Crippen LogP contribution in [0.25, 0.3) is 43.8 Å². The lowest BCUT2D eigenvalue weighted by Gasteiger charge is -2.28. The molecular weight excluding hydrogens is 631 g/mol. The molecule has 1 unspecified atom stereocenters. The maximum absolute atomic E-state index is 6.03. The summed E-state index contributed by atoms with van der Waals surface area (Å²) >= 11 is 0. The van der Waals surface area contributed by atoms with E-state index in [4.69, 9.17) is 4.74 Å². The van der Waals surface area contributed by atoms with Gasteiger partial charge in [-0.1, -0.05) is 128 Å². The van der Waals surface area contributed by atoms with E-state index in [1.54, 1.807) is 0 Å². The van der Waals surface area contributed by atoms with Gasteiger partial charge in [-0.3, -0.25) is 0 Å². The van der Waals surface area contributed by atoms with Crippen LogP contribution in [0.3, 0.4) is 0 Å². The van der Waals surface area contributed by atoms with Gasteiger partial charge in [0.2, 0.25) is 0 Å². The first-order valence-corrected chi connectivity index (χ1v) is 18.2. The summed E-state index contributed by atoms with van der Waals surface area (Å²) in [5.41, 5.74) is 13.2. The highest BCUT2D eigenvalue weighted by atomic mass is 16.5. The Labute approximate surface area is 307 Å². The molecule has 7 aromatic carbocycles. The van der Waals surface area contributed by atoms with Crippen molar-refractivity contribution in [1.29, 1.82) is 0 Å². The molecular formula is C50H43NO. The first kappa shape index (κ1) is 33.0. The Bertz CT molecular complexity index is 2480. The number of aryl methyl sites for hydroxylation is 2. The first-order valence-electron chi connectivity index (χ1n) is 18.2. The van der Waals surface area contributed by atoms with Crippen molar-refractivity contribution < 1.29 is 4.74 Å². The van der Waals surface area contributed by atoms with Gasteiger partial charge in [0.15, 0.2) is 0 Å². The second-order valence-electron chi connectivity index (χ2n) is 14.0. The number of allylic oxidation sites excluding steroid dienone is 4. The van der Waals surface area contributed by atoms with Crippen molar-refractivity contribution in [2.24, 2.45) is 0 Å². The van der Waals surface area contributed by atoms with Crippen LogP contribution >= 0.6 is 0 Å². The zero-order valence-corrected chi connectivity index (χ0v) is 30.1. The van der Waals surface area contributed by atoms with E-state index in [0.29, 0.717) is 0 Å². The van der Waals surface area contributed by atoms with Gasteiger partial charge in [0.1, 0.15) is 5.76 Å². The predicted molar refractivity (Wildman–Crippen MR) is 222 cm³/mol. The fourth-order valence-electron chi connectivity index (χ4n) is 7.53. The second kappa shape index (κ2) is 14.2. The lowest BCUT2D eigenvalue weighted by molar-refractivity contribution is 0.316. The Hall–Kier alpha value is -6.12. The average Bonchev–Trinajstić information content (AvgIpc) is 3.26. The SMILES string of the molecule is C=C1O/C=C(/C)C/C=C\CC1c1ccc(N(c2ccc(-c3ccc(C)c(-c4ccccc4C)c3)cc2)c2cc3ccccc3c3ccccc23)cc1. The lowest BCUT2D eigenvalue weighted by atomic mass is 9.92. The maximum atomic E-state index is 6.03. The zero-order valence-electron chi connectivity index (χ0n) is 30.1. The van der Waals surface area contributed by atoms with Crippen LogP contribution in [0.5, 0.6) is 0 Å². The van der Waals surface area contributed by atoms with Crippen molar-refractivity contribution in [2.75, 3.05) is 4.90 Å². The van der Waals surface area contributed by atoms with E-state index in [2.05, 4.69) is 190 Å². The molecule has 1 aliphatic heterocycles. The maximum Gasteiger partial charge on any atom is 0.104 e. The van der Waals surface area contributed by atoms with Crippen molar-refractivity contribution in [3.05, 3.63) is 199 Å². The van der Waals surface area contributed by atoms with Gasteiger partial charge in [-0.15, -0.1) is 0 Å². The molecule has 1 atom stereocenters. The molecule has 0 radical (unpaired) electrons. The molecule has 0 aromatic heterocycles. The van der Waals surface area contributed by atoms with Crippen LogP contribution in [-0.4, -0.2) is 0 Å². The number of nitrogens with zero attached hydrogens (tertiary/aromatic N) is 1. The predicted octanol–water partition coefficient (Wildman–Crippen LogP) is 14.3. The normalized spacial score (nSPS) is 16.3. The highest BCUT2D eigenvalue weighted by Gasteiger charge is 2.20. The highest BCUT2D eigenvalue weighted by molar-refractivity contribution is 6.14. The smallest absolute Gasteiger partial charge is 0.104 e. The fraction of sp³-hybridized carbons (Fsp3) is 0.120. The molecule has 0 N–H and O–H groups in total. The summed E-state index contributed by atoms with van der Waals surface area (Å²) in [4.78, 5) is 2.40.